The highest BCUT2D eigenvalue weighted by Gasteiger charge is 2.44. The fraction of sp³-hybridized carbons (Fsp3) is 0.588. The molecule has 10 heteroatoms. The van der Waals surface area contributed by atoms with E-state index in [1.807, 2.05) is 6.92 Å². The van der Waals surface area contributed by atoms with E-state index in [9.17, 15) is 23.3 Å². The first-order chi connectivity index (χ1) is 12.8. The smallest absolute Gasteiger partial charge is 0.270 e. The SMILES string of the molecule is CC1CC(CN)CN1C(=O)C1CCCN1S(=O)(=O)c1cccc([N+](=O)[O-])c1. The topological polar surface area (TPSA) is 127 Å². The predicted molar refractivity (Wildman–Crippen MR) is 98.3 cm³/mol. The van der Waals surface area contributed by atoms with Crippen molar-refractivity contribution < 1.29 is 18.1 Å². The molecule has 1 aromatic rings. The molecule has 148 valence electrons. The van der Waals surface area contributed by atoms with E-state index in [0.29, 0.717) is 25.9 Å². The van der Waals surface area contributed by atoms with Crippen molar-refractivity contribution >= 4 is 21.6 Å². The summed E-state index contributed by atoms with van der Waals surface area (Å²) in [4.78, 5) is 25.0. The number of hydrogen-bond acceptors (Lipinski definition) is 6. The second-order valence-electron chi connectivity index (χ2n) is 7.21. The number of rotatable bonds is 5. The van der Waals surface area contributed by atoms with Crippen LogP contribution in [0.4, 0.5) is 5.69 Å². The van der Waals surface area contributed by atoms with Gasteiger partial charge in [0.25, 0.3) is 5.69 Å². The fourth-order valence-electron chi connectivity index (χ4n) is 3.98. The molecule has 0 saturated carbocycles. The Labute approximate surface area is 158 Å². The Bertz CT molecular complexity index is 843. The molecular weight excluding hydrogens is 372 g/mol. The first-order valence-corrected chi connectivity index (χ1v) is 10.5. The summed E-state index contributed by atoms with van der Waals surface area (Å²) in [5.41, 5.74) is 5.43. The second-order valence-corrected chi connectivity index (χ2v) is 9.10. The van der Waals surface area contributed by atoms with Crippen molar-refractivity contribution in [2.75, 3.05) is 19.6 Å². The van der Waals surface area contributed by atoms with Crippen LogP contribution in [0.25, 0.3) is 0 Å². The Hall–Kier alpha value is -2.04. The Morgan fingerprint density at radius 3 is 2.78 bits per heavy atom. The van der Waals surface area contributed by atoms with E-state index in [2.05, 4.69) is 0 Å². The van der Waals surface area contributed by atoms with Crippen LogP contribution in [0.15, 0.2) is 29.2 Å². The van der Waals surface area contributed by atoms with Crippen molar-refractivity contribution in [2.24, 2.45) is 11.7 Å². The summed E-state index contributed by atoms with van der Waals surface area (Å²) < 4.78 is 27.3. The van der Waals surface area contributed by atoms with Gasteiger partial charge >= 0.3 is 0 Å². The minimum absolute atomic E-state index is 0.0222. The number of nitro groups is 1. The monoisotopic (exact) mass is 396 g/mol. The summed E-state index contributed by atoms with van der Waals surface area (Å²) in [6, 6.07) is 4.20. The number of sulfonamides is 1. The van der Waals surface area contributed by atoms with Gasteiger partial charge in [-0.1, -0.05) is 6.07 Å². The Morgan fingerprint density at radius 1 is 1.41 bits per heavy atom. The molecule has 2 aliphatic rings. The number of hydrogen-bond donors (Lipinski definition) is 1. The summed E-state index contributed by atoms with van der Waals surface area (Å²) in [6.45, 7) is 3.21. The van der Waals surface area contributed by atoms with Gasteiger partial charge in [0.2, 0.25) is 15.9 Å². The quantitative estimate of drug-likeness (QED) is 0.583. The third-order valence-electron chi connectivity index (χ3n) is 5.40. The molecule has 0 spiro atoms. The maximum absolute atomic E-state index is 13.1. The number of nitro benzene ring substituents is 1. The summed E-state index contributed by atoms with van der Waals surface area (Å²) in [7, 11) is -4.00. The normalized spacial score (nSPS) is 26.4. The molecule has 3 rings (SSSR count). The molecule has 9 nitrogen and oxygen atoms in total. The molecule has 27 heavy (non-hydrogen) atoms. The maximum Gasteiger partial charge on any atom is 0.270 e. The van der Waals surface area contributed by atoms with Crippen molar-refractivity contribution in [2.45, 2.75) is 43.2 Å². The van der Waals surface area contributed by atoms with E-state index < -0.39 is 21.0 Å². The molecule has 0 bridgehead atoms. The maximum atomic E-state index is 13.1. The molecule has 1 aromatic carbocycles. The third kappa shape index (κ3) is 3.69. The zero-order valence-electron chi connectivity index (χ0n) is 15.2. The van der Waals surface area contributed by atoms with Crippen LogP contribution in [0.1, 0.15) is 26.2 Å². The highest BCUT2D eigenvalue weighted by molar-refractivity contribution is 7.89. The third-order valence-corrected chi connectivity index (χ3v) is 7.31. The van der Waals surface area contributed by atoms with Crippen LogP contribution in [-0.2, 0) is 14.8 Å². The van der Waals surface area contributed by atoms with Crippen molar-refractivity contribution in [1.82, 2.24) is 9.21 Å². The lowest BCUT2D eigenvalue weighted by Gasteiger charge is -2.29. The van der Waals surface area contributed by atoms with E-state index in [4.69, 9.17) is 5.73 Å². The van der Waals surface area contributed by atoms with Gasteiger partial charge in [-0.2, -0.15) is 4.31 Å². The lowest BCUT2D eigenvalue weighted by molar-refractivity contribution is -0.385. The van der Waals surface area contributed by atoms with Gasteiger partial charge in [0.05, 0.1) is 9.82 Å². The van der Waals surface area contributed by atoms with Crippen LogP contribution >= 0.6 is 0 Å². The first-order valence-electron chi connectivity index (χ1n) is 9.02. The number of nitrogens with two attached hydrogens (primary N) is 1. The number of nitrogens with zero attached hydrogens (tertiary/aromatic N) is 3. The van der Waals surface area contributed by atoms with Crippen LogP contribution in [0.5, 0.6) is 0 Å². The number of carbonyl (C=O) groups excluding carboxylic acids is 1. The summed E-state index contributed by atoms with van der Waals surface area (Å²) in [5.74, 6) is 0.0251. The molecule has 0 aromatic heterocycles. The van der Waals surface area contributed by atoms with Gasteiger partial charge in [0, 0.05) is 31.3 Å². The van der Waals surface area contributed by atoms with Gasteiger partial charge in [-0.05, 0) is 44.7 Å². The minimum atomic E-state index is -4.00. The average molecular weight is 396 g/mol. The molecule has 0 aliphatic carbocycles. The molecule has 3 unspecified atom stereocenters. The Kier molecular flexibility index (Phi) is 5.50. The molecule has 2 saturated heterocycles. The van der Waals surface area contributed by atoms with Gasteiger partial charge in [0.1, 0.15) is 6.04 Å². The van der Waals surface area contributed by atoms with Crippen LogP contribution in [-0.4, -0.2) is 60.2 Å². The molecule has 0 radical (unpaired) electrons. The molecule has 2 N–H and O–H groups in total. The van der Waals surface area contributed by atoms with Gasteiger partial charge in [-0.3, -0.25) is 14.9 Å². The van der Waals surface area contributed by atoms with Gasteiger partial charge in [0.15, 0.2) is 0 Å². The summed E-state index contributed by atoms with van der Waals surface area (Å²) >= 11 is 0. The largest absolute Gasteiger partial charge is 0.338 e. The van der Waals surface area contributed by atoms with Gasteiger partial charge in [-0.25, -0.2) is 8.42 Å². The molecule has 2 fully saturated rings. The zero-order valence-corrected chi connectivity index (χ0v) is 16.0. The molecule has 1 amide bonds. The van der Waals surface area contributed by atoms with E-state index >= 15 is 0 Å². The number of benzene rings is 1. The predicted octanol–water partition coefficient (Wildman–Crippen LogP) is 0.944. The highest BCUT2D eigenvalue weighted by atomic mass is 32.2. The second kappa shape index (κ2) is 7.53. The Balaban J connectivity index is 1.86. The van der Waals surface area contributed by atoms with Crippen LogP contribution in [0.2, 0.25) is 0 Å². The van der Waals surface area contributed by atoms with E-state index in [1.165, 1.54) is 22.5 Å². The summed E-state index contributed by atoms with van der Waals surface area (Å²) in [5, 5.41) is 11.0. The summed E-state index contributed by atoms with van der Waals surface area (Å²) in [6.07, 6.45) is 1.84. The standard InChI is InChI=1S/C17H24N4O5S/c1-12-8-13(10-18)11-19(12)17(22)16-6-3-7-20(16)27(25,26)15-5-2-4-14(9-15)21(23)24/h2,4-5,9,12-13,16H,3,6-8,10-11,18H2,1H3. The van der Waals surface area contributed by atoms with E-state index in [1.54, 1.807) is 4.90 Å². The molecular formula is C17H24N4O5S. The van der Waals surface area contributed by atoms with Crippen LogP contribution < -0.4 is 5.73 Å². The first kappa shape index (κ1) is 19.7. The minimum Gasteiger partial charge on any atom is -0.338 e. The highest BCUT2D eigenvalue weighted by Crippen LogP contribution is 2.31. The lowest BCUT2D eigenvalue weighted by atomic mass is 10.1. The molecule has 2 heterocycles. The van der Waals surface area contributed by atoms with Crippen molar-refractivity contribution in [3.63, 3.8) is 0 Å². The van der Waals surface area contributed by atoms with Crippen molar-refractivity contribution in [3.8, 4) is 0 Å². The van der Waals surface area contributed by atoms with E-state index in [0.717, 1.165) is 12.5 Å². The zero-order chi connectivity index (χ0) is 19.8. The number of amides is 1. The fourth-order valence-corrected chi connectivity index (χ4v) is 5.67. The van der Waals surface area contributed by atoms with Gasteiger partial charge < -0.3 is 10.6 Å². The average Bonchev–Trinajstić information content (AvgIpc) is 3.28. The molecule has 3 atom stereocenters. The molecule has 2 aliphatic heterocycles. The van der Waals surface area contributed by atoms with Crippen molar-refractivity contribution in [1.29, 1.82) is 0 Å². The number of carbonyl (C=O) groups is 1. The lowest BCUT2D eigenvalue weighted by Crippen LogP contribution is -2.48. The number of non-ortho nitro benzene ring substituents is 1. The Morgan fingerprint density at radius 2 is 2.15 bits per heavy atom. The van der Waals surface area contributed by atoms with E-state index in [-0.39, 0.29) is 35.0 Å². The van der Waals surface area contributed by atoms with Crippen molar-refractivity contribution in [3.05, 3.63) is 34.4 Å². The van der Waals surface area contributed by atoms with Crippen LogP contribution in [0.3, 0.4) is 0 Å². The number of likely N-dealkylation sites (tertiary alicyclic amines) is 1. The van der Waals surface area contributed by atoms with Crippen LogP contribution in [0, 0.1) is 16.0 Å². The van der Waals surface area contributed by atoms with Gasteiger partial charge in [-0.15, -0.1) is 0 Å².